The van der Waals surface area contributed by atoms with Crippen LogP contribution in [0.15, 0.2) is 82.3 Å². The lowest BCUT2D eigenvalue weighted by molar-refractivity contribution is -0.123. The summed E-state index contributed by atoms with van der Waals surface area (Å²) in [5, 5.41) is 0.717. The highest BCUT2D eigenvalue weighted by Crippen LogP contribution is 2.36. The number of hydrogen-bond acceptors (Lipinski definition) is 6. The Morgan fingerprint density at radius 3 is 2.70 bits per heavy atom. The van der Waals surface area contributed by atoms with E-state index >= 15 is 0 Å². The minimum Gasteiger partial charge on any atom is -0.492 e. The molecule has 9 heteroatoms. The first-order valence-electron chi connectivity index (χ1n) is 11.7. The third-order valence-corrected chi connectivity index (χ3v) is 7.56. The van der Waals surface area contributed by atoms with Crippen molar-refractivity contribution in [1.82, 2.24) is 9.47 Å². The van der Waals surface area contributed by atoms with E-state index in [1.165, 1.54) is 4.90 Å². The average molecular weight is 577 g/mol. The minimum atomic E-state index is -0.277. The van der Waals surface area contributed by atoms with Crippen LogP contribution in [-0.2, 0) is 17.9 Å². The second kappa shape index (κ2) is 9.99. The Labute approximate surface area is 225 Å². The van der Waals surface area contributed by atoms with E-state index in [1.807, 2.05) is 72.9 Å². The van der Waals surface area contributed by atoms with Gasteiger partial charge in [0, 0.05) is 33.2 Å². The molecular formula is C28H21BrN2O5S. The van der Waals surface area contributed by atoms with Gasteiger partial charge in [0.2, 0.25) is 6.79 Å². The summed E-state index contributed by atoms with van der Waals surface area (Å²) in [6.07, 6.45) is 3.80. The second-order valence-electron chi connectivity index (χ2n) is 8.56. The Bertz CT molecular complexity index is 1550. The minimum absolute atomic E-state index is 0.221. The molecule has 37 heavy (non-hydrogen) atoms. The number of halogens is 1. The average Bonchev–Trinajstić information content (AvgIpc) is 3.57. The zero-order valence-electron chi connectivity index (χ0n) is 19.6. The van der Waals surface area contributed by atoms with Crippen molar-refractivity contribution < 1.29 is 23.8 Å². The van der Waals surface area contributed by atoms with Gasteiger partial charge in [-0.3, -0.25) is 14.5 Å². The number of carbonyl (C=O) groups excluding carboxylic acids is 2. The van der Waals surface area contributed by atoms with Crippen LogP contribution in [0.1, 0.15) is 11.1 Å². The number of hydrogen-bond donors (Lipinski definition) is 0. The number of ether oxygens (including phenoxy) is 3. The molecule has 7 nitrogen and oxygen atoms in total. The van der Waals surface area contributed by atoms with Gasteiger partial charge in [-0.05, 0) is 53.7 Å². The molecule has 186 valence electrons. The molecule has 0 N–H and O–H groups in total. The van der Waals surface area contributed by atoms with Gasteiger partial charge in [0.05, 0.1) is 18.0 Å². The van der Waals surface area contributed by atoms with Crippen molar-refractivity contribution in [2.75, 3.05) is 13.4 Å². The summed E-state index contributed by atoms with van der Waals surface area (Å²) in [7, 11) is 0. The summed E-state index contributed by atoms with van der Waals surface area (Å²) in [5.74, 6) is 1.82. The lowest BCUT2D eigenvalue weighted by Crippen LogP contribution is -2.27. The summed E-state index contributed by atoms with van der Waals surface area (Å²) < 4.78 is 19.8. The van der Waals surface area contributed by atoms with Gasteiger partial charge in [0.15, 0.2) is 11.5 Å². The Hall–Kier alpha value is -3.69. The molecule has 1 saturated heterocycles. The standard InChI is InChI=1S/C28H21BrN2O5S/c29-20-6-8-23-22(13-20)19(12-26-27(32)31(28(33)37-26)15-18-4-2-1-3-5-18)16-30(23)10-11-34-21-7-9-24-25(14-21)36-17-35-24/h1-9,12-14,16H,10-11,15,17H2/b26-12-. The largest absolute Gasteiger partial charge is 0.492 e. The van der Waals surface area contributed by atoms with Gasteiger partial charge in [0.25, 0.3) is 11.1 Å². The van der Waals surface area contributed by atoms with E-state index in [4.69, 9.17) is 14.2 Å². The van der Waals surface area contributed by atoms with E-state index in [9.17, 15) is 9.59 Å². The first-order valence-corrected chi connectivity index (χ1v) is 13.3. The van der Waals surface area contributed by atoms with Gasteiger partial charge in [-0.2, -0.15) is 0 Å². The van der Waals surface area contributed by atoms with Gasteiger partial charge in [-0.25, -0.2) is 0 Å². The number of fused-ring (bicyclic) bond motifs is 2. The molecule has 0 atom stereocenters. The quantitative estimate of drug-likeness (QED) is 0.235. The highest BCUT2D eigenvalue weighted by molar-refractivity contribution is 9.10. The second-order valence-corrected chi connectivity index (χ2v) is 10.5. The number of benzene rings is 3. The maximum Gasteiger partial charge on any atom is 0.293 e. The Kier molecular flexibility index (Phi) is 6.40. The number of amides is 2. The van der Waals surface area contributed by atoms with E-state index in [2.05, 4.69) is 20.5 Å². The first-order chi connectivity index (χ1) is 18.0. The molecule has 0 saturated carbocycles. The predicted octanol–water partition coefficient (Wildman–Crippen LogP) is 6.45. The molecule has 3 aromatic carbocycles. The zero-order valence-corrected chi connectivity index (χ0v) is 22.0. The van der Waals surface area contributed by atoms with Crippen LogP contribution in [0, 0.1) is 0 Å². The molecule has 0 unspecified atom stereocenters. The lowest BCUT2D eigenvalue weighted by Gasteiger charge is -2.12. The van der Waals surface area contributed by atoms with E-state index in [-0.39, 0.29) is 24.5 Å². The van der Waals surface area contributed by atoms with Crippen LogP contribution in [0.5, 0.6) is 17.2 Å². The van der Waals surface area contributed by atoms with E-state index in [0.29, 0.717) is 35.3 Å². The van der Waals surface area contributed by atoms with Crippen molar-refractivity contribution in [3.05, 3.63) is 93.4 Å². The predicted molar refractivity (Wildman–Crippen MR) is 146 cm³/mol. The molecule has 0 spiro atoms. The van der Waals surface area contributed by atoms with Crippen molar-refractivity contribution in [2.45, 2.75) is 13.1 Å². The summed E-state index contributed by atoms with van der Waals surface area (Å²) in [6, 6.07) is 21.1. The summed E-state index contributed by atoms with van der Waals surface area (Å²) in [4.78, 5) is 27.5. The lowest BCUT2D eigenvalue weighted by atomic mass is 10.1. The van der Waals surface area contributed by atoms with E-state index in [1.54, 1.807) is 6.08 Å². The van der Waals surface area contributed by atoms with Crippen LogP contribution in [0.2, 0.25) is 0 Å². The number of thioether (sulfide) groups is 1. The molecule has 0 radical (unpaired) electrons. The smallest absolute Gasteiger partial charge is 0.293 e. The molecule has 4 aromatic rings. The summed E-state index contributed by atoms with van der Waals surface area (Å²) in [5.41, 5.74) is 2.78. The number of imide groups is 1. The summed E-state index contributed by atoms with van der Waals surface area (Å²) >= 11 is 4.53. The molecule has 2 aliphatic rings. The fraction of sp³-hybridized carbons (Fsp3) is 0.143. The molecule has 6 rings (SSSR count). The third-order valence-electron chi connectivity index (χ3n) is 6.16. The van der Waals surface area contributed by atoms with E-state index < -0.39 is 0 Å². The Morgan fingerprint density at radius 1 is 1.00 bits per heavy atom. The third kappa shape index (κ3) is 4.84. The molecule has 1 fully saturated rings. The van der Waals surface area contributed by atoms with Gasteiger partial charge >= 0.3 is 0 Å². The highest BCUT2D eigenvalue weighted by atomic mass is 79.9. The van der Waals surface area contributed by atoms with Crippen LogP contribution < -0.4 is 14.2 Å². The molecule has 0 bridgehead atoms. The van der Waals surface area contributed by atoms with Crippen LogP contribution in [0.25, 0.3) is 17.0 Å². The van der Waals surface area contributed by atoms with Crippen molar-refractivity contribution in [3.8, 4) is 17.2 Å². The molecule has 0 aliphatic carbocycles. The monoisotopic (exact) mass is 576 g/mol. The van der Waals surface area contributed by atoms with E-state index in [0.717, 1.165) is 38.3 Å². The molecule has 2 aliphatic heterocycles. The molecular weight excluding hydrogens is 556 g/mol. The van der Waals surface area contributed by atoms with Crippen molar-refractivity contribution in [2.24, 2.45) is 0 Å². The highest BCUT2D eigenvalue weighted by Gasteiger charge is 2.35. The van der Waals surface area contributed by atoms with Crippen molar-refractivity contribution in [3.63, 3.8) is 0 Å². The SMILES string of the molecule is O=C1S/C(=C\c2cn(CCOc3ccc4c(c3)OCO4)c3ccc(Br)cc23)C(=O)N1Cc1ccccc1. The number of aromatic nitrogens is 1. The fourth-order valence-corrected chi connectivity index (χ4v) is 5.56. The maximum absolute atomic E-state index is 13.1. The normalized spacial score (nSPS) is 15.8. The number of rotatable bonds is 7. The Morgan fingerprint density at radius 2 is 1.84 bits per heavy atom. The Balaban J connectivity index is 1.23. The summed E-state index contributed by atoms with van der Waals surface area (Å²) in [6.45, 7) is 1.51. The van der Waals surface area contributed by atoms with Gasteiger partial charge in [-0.15, -0.1) is 0 Å². The maximum atomic E-state index is 13.1. The number of nitrogens with zero attached hydrogens (tertiary/aromatic N) is 2. The topological polar surface area (TPSA) is 70.0 Å². The molecule has 2 amide bonds. The first kappa shape index (κ1) is 23.7. The van der Waals surface area contributed by atoms with Crippen LogP contribution in [0.3, 0.4) is 0 Å². The van der Waals surface area contributed by atoms with Crippen LogP contribution in [-0.4, -0.2) is 34.0 Å². The molecule has 1 aromatic heterocycles. The van der Waals surface area contributed by atoms with Crippen LogP contribution >= 0.6 is 27.7 Å². The van der Waals surface area contributed by atoms with Crippen molar-refractivity contribution in [1.29, 1.82) is 0 Å². The van der Waals surface area contributed by atoms with Gasteiger partial charge in [0.1, 0.15) is 12.4 Å². The van der Waals surface area contributed by atoms with Crippen molar-refractivity contribution >= 4 is 55.8 Å². The van der Waals surface area contributed by atoms with Gasteiger partial charge < -0.3 is 18.8 Å². The molecule has 3 heterocycles. The fourth-order valence-electron chi connectivity index (χ4n) is 4.37. The van der Waals surface area contributed by atoms with Crippen LogP contribution in [0.4, 0.5) is 4.79 Å². The van der Waals surface area contributed by atoms with Gasteiger partial charge in [-0.1, -0.05) is 46.3 Å². The number of carbonyl (C=O) groups is 2. The zero-order chi connectivity index (χ0) is 25.4.